The van der Waals surface area contributed by atoms with Crippen molar-refractivity contribution in [1.29, 1.82) is 0 Å². The largest absolute Gasteiger partial charge is 0.368 e. The van der Waals surface area contributed by atoms with Crippen molar-refractivity contribution in [3.05, 3.63) is 47.4 Å². The molecular weight excluding hydrogens is 380 g/mol. The normalized spacial score (nSPS) is 17.9. The van der Waals surface area contributed by atoms with Crippen molar-refractivity contribution in [2.45, 2.75) is 24.9 Å². The van der Waals surface area contributed by atoms with Crippen LogP contribution in [0.15, 0.2) is 30.5 Å². The number of carbonyl (C=O) groups is 1. The molecule has 1 fully saturated rings. The van der Waals surface area contributed by atoms with Crippen molar-refractivity contribution < 1.29 is 9.53 Å². The molecular formula is C22H26N6O2. The number of para-hydroxylation sites is 1. The van der Waals surface area contributed by atoms with Gasteiger partial charge in [-0.2, -0.15) is 5.10 Å². The van der Waals surface area contributed by atoms with E-state index in [0.29, 0.717) is 31.3 Å². The Balaban J connectivity index is 1.41. The Morgan fingerprint density at radius 3 is 2.73 bits per heavy atom. The van der Waals surface area contributed by atoms with Gasteiger partial charge in [0.05, 0.1) is 17.8 Å². The molecule has 2 aromatic heterocycles. The van der Waals surface area contributed by atoms with E-state index in [4.69, 9.17) is 9.72 Å². The molecule has 156 valence electrons. The second-order valence-corrected chi connectivity index (χ2v) is 8.31. The Kier molecular flexibility index (Phi) is 4.47. The molecule has 1 spiro atoms. The van der Waals surface area contributed by atoms with Crippen LogP contribution in [-0.4, -0.2) is 64.3 Å². The van der Waals surface area contributed by atoms with Crippen LogP contribution in [0, 0.1) is 0 Å². The van der Waals surface area contributed by atoms with Gasteiger partial charge in [-0.3, -0.25) is 9.48 Å². The van der Waals surface area contributed by atoms with Crippen molar-refractivity contribution >= 4 is 22.8 Å². The third kappa shape index (κ3) is 2.94. The summed E-state index contributed by atoms with van der Waals surface area (Å²) < 4.78 is 8.08. The van der Waals surface area contributed by atoms with Gasteiger partial charge in [0.1, 0.15) is 5.60 Å². The monoisotopic (exact) mass is 406 g/mol. The molecule has 0 atom stereocenters. The molecule has 30 heavy (non-hydrogen) atoms. The topological polar surface area (TPSA) is 76.4 Å². The number of aromatic nitrogens is 4. The van der Waals surface area contributed by atoms with E-state index in [2.05, 4.69) is 10.1 Å². The number of ether oxygens (including phenoxy) is 1. The average molecular weight is 406 g/mol. The highest BCUT2D eigenvalue weighted by Crippen LogP contribution is 2.41. The van der Waals surface area contributed by atoms with Gasteiger partial charge >= 0.3 is 0 Å². The number of rotatable bonds is 2. The highest BCUT2D eigenvalue weighted by molar-refractivity contribution is 6.04. The number of amides is 1. The van der Waals surface area contributed by atoms with Crippen molar-refractivity contribution in [3.63, 3.8) is 0 Å². The van der Waals surface area contributed by atoms with Gasteiger partial charge in [-0.1, -0.05) is 18.2 Å². The maximum atomic E-state index is 13.3. The molecule has 2 aliphatic heterocycles. The number of anilines is 1. The van der Waals surface area contributed by atoms with Crippen LogP contribution in [-0.2, 0) is 23.8 Å². The van der Waals surface area contributed by atoms with Crippen molar-refractivity contribution in [1.82, 2.24) is 24.6 Å². The lowest BCUT2D eigenvalue weighted by Crippen LogP contribution is -2.49. The summed E-state index contributed by atoms with van der Waals surface area (Å²) >= 11 is 0. The van der Waals surface area contributed by atoms with E-state index in [1.165, 1.54) is 0 Å². The van der Waals surface area contributed by atoms with Gasteiger partial charge in [0.25, 0.3) is 5.91 Å². The molecule has 0 bridgehead atoms. The van der Waals surface area contributed by atoms with Gasteiger partial charge in [0, 0.05) is 45.8 Å². The predicted octanol–water partition coefficient (Wildman–Crippen LogP) is 2.13. The highest BCUT2D eigenvalue weighted by Gasteiger charge is 2.44. The van der Waals surface area contributed by atoms with E-state index in [-0.39, 0.29) is 5.91 Å². The molecule has 5 rings (SSSR count). The van der Waals surface area contributed by atoms with Gasteiger partial charge < -0.3 is 14.5 Å². The molecule has 8 nitrogen and oxygen atoms in total. The van der Waals surface area contributed by atoms with Gasteiger partial charge in [-0.15, -0.1) is 0 Å². The van der Waals surface area contributed by atoms with Crippen LogP contribution >= 0.6 is 0 Å². The number of aryl methyl sites for hydroxylation is 1. The van der Waals surface area contributed by atoms with Gasteiger partial charge in [0.15, 0.2) is 5.69 Å². The first-order valence-corrected chi connectivity index (χ1v) is 10.4. The number of fused-ring (bicyclic) bond motifs is 3. The average Bonchev–Trinajstić information content (AvgIpc) is 3.11. The van der Waals surface area contributed by atoms with Crippen LogP contribution in [0.1, 0.15) is 34.6 Å². The lowest BCUT2D eigenvalue weighted by atomic mass is 9.83. The number of benzene rings is 1. The van der Waals surface area contributed by atoms with Crippen LogP contribution in [0.25, 0.3) is 10.9 Å². The zero-order valence-electron chi connectivity index (χ0n) is 17.6. The molecule has 0 unspecified atom stereocenters. The molecule has 2 aliphatic rings. The fraction of sp³-hybridized carbons (Fsp3) is 0.455. The smallest absolute Gasteiger partial charge is 0.275 e. The number of likely N-dealkylation sites (tertiary alicyclic amines) is 1. The highest BCUT2D eigenvalue weighted by atomic mass is 16.5. The molecule has 0 N–H and O–H groups in total. The Hall–Kier alpha value is -3.00. The second kappa shape index (κ2) is 7.05. The van der Waals surface area contributed by atoms with E-state index in [1.54, 1.807) is 4.68 Å². The minimum Gasteiger partial charge on any atom is -0.368 e. The third-order valence-corrected chi connectivity index (χ3v) is 6.25. The van der Waals surface area contributed by atoms with Crippen molar-refractivity contribution in [2.24, 2.45) is 7.05 Å². The zero-order valence-corrected chi connectivity index (χ0v) is 17.6. The molecule has 0 saturated carbocycles. The standard InChI is InChI=1S/C22H26N6O2/c1-26(2)21-23-14-15-8-13-30-22(19(15)24-21)9-11-28(12-10-22)20(29)18-16-6-4-5-7-17(16)27(3)25-18/h4-7,14H,8-13H2,1-3H3. The van der Waals surface area contributed by atoms with Gasteiger partial charge in [-0.25, -0.2) is 9.97 Å². The predicted molar refractivity (Wildman–Crippen MR) is 114 cm³/mol. The summed E-state index contributed by atoms with van der Waals surface area (Å²) in [6, 6.07) is 7.85. The summed E-state index contributed by atoms with van der Waals surface area (Å²) in [5.74, 6) is 0.673. The number of piperidine rings is 1. The molecule has 1 aromatic carbocycles. The molecule has 0 aliphatic carbocycles. The fourth-order valence-corrected chi connectivity index (χ4v) is 4.59. The maximum absolute atomic E-state index is 13.3. The number of carbonyl (C=O) groups excluding carboxylic acids is 1. The van der Waals surface area contributed by atoms with Gasteiger partial charge in [0.2, 0.25) is 5.95 Å². The summed E-state index contributed by atoms with van der Waals surface area (Å²) in [5, 5.41) is 5.40. The van der Waals surface area contributed by atoms with Crippen LogP contribution in [0.5, 0.6) is 0 Å². The van der Waals surface area contributed by atoms with Crippen LogP contribution in [0.4, 0.5) is 5.95 Å². The van der Waals surface area contributed by atoms with E-state index in [9.17, 15) is 4.79 Å². The van der Waals surface area contributed by atoms with Crippen molar-refractivity contribution in [2.75, 3.05) is 38.7 Å². The van der Waals surface area contributed by atoms with Crippen LogP contribution < -0.4 is 4.90 Å². The van der Waals surface area contributed by atoms with E-state index >= 15 is 0 Å². The SMILES string of the molecule is CN(C)c1ncc2c(n1)C1(CCN(C(=O)c3nn(C)c4ccccc34)CC1)OCC2. The van der Waals surface area contributed by atoms with Crippen LogP contribution in [0.3, 0.4) is 0 Å². The minimum absolute atomic E-state index is 0.0191. The second-order valence-electron chi connectivity index (χ2n) is 8.31. The Morgan fingerprint density at radius 2 is 1.97 bits per heavy atom. The number of nitrogens with zero attached hydrogens (tertiary/aromatic N) is 6. The molecule has 8 heteroatoms. The Labute approximate surface area is 175 Å². The molecule has 3 aromatic rings. The quantitative estimate of drug-likeness (QED) is 0.649. The first kappa shape index (κ1) is 19.0. The summed E-state index contributed by atoms with van der Waals surface area (Å²) in [6.45, 7) is 1.89. The summed E-state index contributed by atoms with van der Waals surface area (Å²) in [5.41, 5.74) is 3.19. The first-order chi connectivity index (χ1) is 14.5. The van der Waals surface area contributed by atoms with Crippen LogP contribution in [0.2, 0.25) is 0 Å². The van der Waals surface area contributed by atoms with E-state index in [1.807, 2.05) is 61.4 Å². The fourth-order valence-electron chi connectivity index (χ4n) is 4.59. The summed E-state index contributed by atoms with van der Waals surface area (Å²) in [7, 11) is 5.76. The maximum Gasteiger partial charge on any atom is 0.275 e. The molecule has 1 amide bonds. The summed E-state index contributed by atoms with van der Waals surface area (Å²) in [4.78, 5) is 26.4. The lowest BCUT2D eigenvalue weighted by Gasteiger charge is -2.44. The number of hydrogen-bond donors (Lipinski definition) is 0. The molecule has 4 heterocycles. The van der Waals surface area contributed by atoms with Gasteiger partial charge in [-0.05, 0) is 30.9 Å². The molecule has 1 saturated heterocycles. The lowest BCUT2D eigenvalue weighted by molar-refractivity contribution is -0.0967. The third-order valence-electron chi connectivity index (χ3n) is 6.25. The molecule has 0 radical (unpaired) electrons. The Morgan fingerprint density at radius 1 is 1.20 bits per heavy atom. The number of hydrogen-bond acceptors (Lipinski definition) is 6. The zero-order chi connectivity index (χ0) is 20.9. The Bertz CT molecular complexity index is 1110. The van der Waals surface area contributed by atoms with E-state index < -0.39 is 5.60 Å². The van der Waals surface area contributed by atoms with Crippen molar-refractivity contribution in [3.8, 4) is 0 Å². The summed E-state index contributed by atoms with van der Waals surface area (Å²) in [6.07, 6.45) is 4.20. The van der Waals surface area contributed by atoms with E-state index in [0.717, 1.165) is 41.4 Å². The first-order valence-electron chi connectivity index (χ1n) is 10.4. The minimum atomic E-state index is -0.440.